The molecule has 0 aromatic heterocycles. The number of nitrogens with one attached hydrogen (secondary N) is 2. The van der Waals surface area contributed by atoms with Crippen molar-refractivity contribution in [3.8, 4) is 5.75 Å². The van der Waals surface area contributed by atoms with E-state index in [-0.39, 0.29) is 12.0 Å². The van der Waals surface area contributed by atoms with E-state index < -0.39 is 0 Å². The molecule has 1 aliphatic heterocycles. The number of benzene rings is 1. The molecule has 2 rings (SSSR count). The maximum atomic E-state index is 11.7. The van der Waals surface area contributed by atoms with Crippen molar-refractivity contribution in [2.45, 2.75) is 6.10 Å². The van der Waals surface area contributed by atoms with E-state index in [2.05, 4.69) is 26.6 Å². The zero-order valence-corrected chi connectivity index (χ0v) is 12.1. The van der Waals surface area contributed by atoms with Crippen molar-refractivity contribution in [2.75, 3.05) is 32.8 Å². The number of morpholine rings is 1. The van der Waals surface area contributed by atoms with Crippen LogP contribution in [0.5, 0.6) is 5.75 Å². The first-order valence-electron chi connectivity index (χ1n) is 6.24. The van der Waals surface area contributed by atoms with Crippen molar-refractivity contribution in [1.29, 1.82) is 0 Å². The second-order valence-corrected chi connectivity index (χ2v) is 5.07. The lowest BCUT2D eigenvalue weighted by Gasteiger charge is -2.22. The summed E-state index contributed by atoms with van der Waals surface area (Å²) in [7, 11) is 0. The zero-order valence-electron chi connectivity index (χ0n) is 10.5. The molecule has 1 fully saturated rings. The average molecular weight is 329 g/mol. The Morgan fingerprint density at radius 1 is 1.47 bits per heavy atom. The van der Waals surface area contributed by atoms with E-state index in [4.69, 9.17) is 9.47 Å². The van der Waals surface area contributed by atoms with Crippen LogP contribution in [0.15, 0.2) is 28.7 Å². The molecule has 1 amide bonds. The molecule has 1 atom stereocenters. The van der Waals surface area contributed by atoms with Gasteiger partial charge >= 0.3 is 0 Å². The molecule has 1 aromatic carbocycles. The maximum Gasteiger partial charge on any atom is 0.250 e. The van der Waals surface area contributed by atoms with Gasteiger partial charge in [-0.3, -0.25) is 4.79 Å². The third-order valence-electron chi connectivity index (χ3n) is 2.70. The maximum absolute atomic E-state index is 11.7. The number of hydrogen-bond donors (Lipinski definition) is 2. The molecule has 6 heteroatoms. The van der Waals surface area contributed by atoms with Crippen LogP contribution >= 0.6 is 15.9 Å². The van der Waals surface area contributed by atoms with Gasteiger partial charge in [-0.05, 0) is 24.3 Å². The summed E-state index contributed by atoms with van der Waals surface area (Å²) >= 11 is 3.36. The quantitative estimate of drug-likeness (QED) is 0.789. The van der Waals surface area contributed by atoms with Gasteiger partial charge in [0.25, 0.3) is 5.91 Å². The number of amides is 1. The molecule has 0 saturated carbocycles. The Morgan fingerprint density at radius 3 is 2.95 bits per heavy atom. The molecule has 5 nitrogen and oxygen atoms in total. The summed E-state index contributed by atoms with van der Waals surface area (Å²) in [5.41, 5.74) is 0. The predicted octanol–water partition coefficient (Wildman–Crippen LogP) is 0.932. The molecule has 1 aromatic rings. The number of rotatable bonds is 5. The van der Waals surface area contributed by atoms with Crippen LogP contribution in [0.1, 0.15) is 0 Å². The van der Waals surface area contributed by atoms with Gasteiger partial charge in [-0.1, -0.05) is 15.9 Å². The first-order chi connectivity index (χ1) is 9.25. The molecule has 1 heterocycles. The van der Waals surface area contributed by atoms with Crippen LogP contribution in [0.3, 0.4) is 0 Å². The minimum Gasteiger partial charge on any atom is -0.492 e. The number of hydrogen-bond acceptors (Lipinski definition) is 4. The third kappa shape index (κ3) is 4.81. The molecule has 0 radical (unpaired) electrons. The fourth-order valence-corrected chi connectivity index (χ4v) is 1.99. The summed E-state index contributed by atoms with van der Waals surface area (Å²) in [4.78, 5) is 11.7. The minimum absolute atomic E-state index is 0.0911. The highest BCUT2D eigenvalue weighted by Crippen LogP contribution is 2.15. The Kier molecular flexibility index (Phi) is 5.62. The molecular formula is C13H17BrN2O3. The van der Waals surface area contributed by atoms with Crippen molar-refractivity contribution in [2.24, 2.45) is 0 Å². The van der Waals surface area contributed by atoms with E-state index >= 15 is 0 Å². The Bertz CT molecular complexity index is 405. The molecule has 0 aliphatic carbocycles. The lowest BCUT2D eigenvalue weighted by molar-refractivity contribution is -0.134. The SMILES string of the molecule is O=C(NCCOc1ccc(Br)cc1)C1CNCCO1. The minimum atomic E-state index is -0.388. The lowest BCUT2D eigenvalue weighted by Crippen LogP contribution is -2.48. The number of halogens is 1. The third-order valence-corrected chi connectivity index (χ3v) is 3.23. The van der Waals surface area contributed by atoms with Gasteiger partial charge in [-0.15, -0.1) is 0 Å². The molecular weight excluding hydrogens is 312 g/mol. The second kappa shape index (κ2) is 7.47. The van der Waals surface area contributed by atoms with E-state index in [1.807, 2.05) is 24.3 Å². The zero-order chi connectivity index (χ0) is 13.5. The van der Waals surface area contributed by atoms with E-state index in [1.165, 1.54) is 0 Å². The van der Waals surface area contributed by atoms with Crippen molar-refractivity contribution >= 4 is 21.8 Å². The van der Waals surface area contributed by atoms with Crippen LogP contribution in [-0.4, -0.2) is 44.9 Å². The first kappa shape index (κ1) is 14.3. The van der Waals surface area contributed by atoms with Crippen LogP contribution < -0.4 is 15.4 Å². The summed E-state index contributed by atoms with van der Waals surface area (Å²) in [5.74, 6) is 0.694. The van der Waals surface area contributed by atoms with Crippen LogP contribution in [0.2, 0.25) is 0 Å². The summed E-state index contributed by atoms with van der Waals surface area (Å²) < 4.78 is 11.9. The van der Waals surface area contributed by atoms with Crippen LogP contribution in [-0.2, 0) is 9.53 Å². The highest BCUT2D eigenvalue weighted by molar-refractivity contribution is 9.10. The standard InChI is InChI=1S/C13H17BrN2O3/c14-10-1-3-11(4-2-10)18-8-6-16-13(17)12-9-15-5-7-19-12/h1-4,12,15H,5-9H2,(H,16,17). The monoisotopic (exact) mass is 328 g/mol. The van der Waals surface area contributed by atoms with E-state index in [0.29, 0.717) is 26.3 Å². The fraction of sp³-hybridized carbons (Fsp3) is 0.462. The van der Waals surface area contributed by atoms with E-state index in [1.54, 1.807) is 0 Å². The van der Waals surface area contributed by atoms with Gasteiger partial charge in [-0.2, -0.15) is 0 Å². The second-order valence-electron chi connectivity index (χ2n) is 4.16. The molecule has 0 bridgehead atoms. The van der Waals surface area contributed by atoms with Crippen molar-refractivity contribution in [3.05, 3.63) is 28.7 Å². The fourth-order valence-electron chi connectivity index (χ4n) is 1.72. The lowest BCUT2D eigenvalue weighted by atomic mass is 10.3. The van der Waals surface area contributed by atoms with Gasteiger partial charge in [-0.25, -0.2) is 0 Å². The summed E-state index contributed by atoms with van der Waals surface area (Å²) in [6, 6.07) is 7.57. The first-order valence-corrected chi connectivity index (χ1v) is 7.03. The normalized spacial score (nSPS) is 18.9. The molecule has 1 saturated heterocycles. The topological polar surface area (TPSA) is 59.6 Å². The summed E-state index contributed by atoms with van der Waals surface area (Å²) in [6.07, 6.45) is -0.388. The Hall–Kier alpha value is -1.11. The number of ether oxygens (including phenoxy) is 2. The summed E-state index contributed by atoms with van der Waals surface area (Å²) in [5, 5.41) is 5.91. The molecule has 0 spiro atoms. The largest absolute Gasteiger partial charge is 0.492 e. The van der Waals surface area contributed by atoms with Crippen LogP contribution in [0.25, 0.3) is 0 Å². The Morgan fingerprint density at radius 2 is 2.26 bits per heavy atom. The number of carbonyl (C=O) groups excluding carboxylic acids is 1. The van der Waals surface area contributed by atoms with Crippen LogP contribution in [0, 0.1) is 0 Å². The van der Waals surface area contributed by atoms with Gasteiger partial charge < -0.3 is 20.1 Å². The molecule has 1 unspecified atom stereocenters. The van der Waals surface area contributed by atoms with Gasteiger partial charge in [0, 0.05) is 17.6 Å². The smallest absolute Gasteiger partial charge is 0.250 e. The van der Waals surface area contributed by atoms with E-state index in [9.17, 15) is 4.79 Å². The van der Waals surface area contributed by atoms with Crippen molar-refractivity contribution in [3.63, 3.8) is 0 Å². The Balaban J connectivity index is 1.63. The van der Waals surface area contributed by atoms with Gasteiger partial charge in [0.05, 0.1) is 13.2 Å². The van der Waals surface area contributed by atoms with Gasteiger partial charge in [0.15, 0.2) is 0 Å². The predicted molar refractivity (Wildman–Crippen MR) is 75.3 cm³/mol. The molecule has 19 heavy (non-hydrogen) atoms. The molecule has 2 N–H and O–H groups in total. The number of carbonyl (C=O) groups is 1. The van der Waals surface area contributed by atoms with Gasteiger partial charge in [0.1, 0.15) is 18.5 Å². The summed E-state index contributed by atoms with van der Waals surface area (Å²) in [6.45, 7) is 2.85. The molecule has 104 valence electrons. The highest BCUT2D eigenvalue weighted by atomic mass is 79.9. The average Bonchev–Trinajstić information content (AvgIpc) is 2.46. The van der Waals surface area contributed by atoms with Crippen LogP contribution in [0.4, 0.5) is 0 Å². The van der Waals surface area contributed by atoms with Crippen molar-refractivity contribution in [1.82, 2.24) is 10.6 Å². The van der Waals surface area contributed by atoms with E-state index in [0.717, 1.165) is 16.8 Å². The van der Waals surface area contributed by atoms with Gasteiger partial charge in [0.2, 0.25) is 0 Å². The van der Waals surface area contributed by atoms with Crippen molar-refractivity contribution < 1.29 is 14.3 Å². The highest BCUT2D eigenvalue weighted by Gasteiger charge is 2.20. The Labute approximate surface area is 120 Å². The molecule has 1 aliphatic rings.